The molecule has 0 saturated carbocycles. The van der Waals surface area contributed by atoms with Crippen molar-refractivity contribution in [2.75, 3.05) is 13.2 Å². The van der Waals surface area contributed by atoms with Crippen LogP contribution in [0, 0.1) is 0 Å². The predicted octanol–water partition coefficient (Wildman–Crippen LogP) is 3.54. The lowest BCUT2D eigenvalue weighted by Crippen LogP contribution is -2.10. The summed E-state index contributed by atoms with van der Waals surface area (Å²) < 4.78 is 11.3. The third kappa shape index (κ3) is 4.45. The van der Waals surface area contributed by atoms with Crippen LogP contribution in [0.25, 0.3) is 0 Å². The van der Waals surface area contributed by atoms with Gasteiger partial charge in [0, 0.05) is 18.8 Å². The first-order valence-corrected chi connectivity index (χ1v) is 5.66. The summed E-state index contributed by atoms with van der Waals surface area (Å²) in [6.45, 7) is 5.68. The lowest BCUT2D eigenvalue weighted by Gasteiger charge is -2.18. The highest BCUT2D eigenvalue weighted by Gasteiger charge is 2.10. The van der Waals surface area contributed by atoms with Crippen molar-refractivity contribution in [3.05, 3.63) is 35.9 Å². The highest BCUT2D eigenvalue weighted by Crippen LogP contribution is 2.18. The van der Waals surface area contributed by atoms with Crippen molar-refractivity contribution in [2.24, 2.45) is 0 Å². The second kappa shape index (κ2) is 7.43. The molecular formula is C13H20O2. The Morgan fingerprint density at radius 3 is 1.93 bits per heavy atom. The monoisotopic (exact) mass is 208 g/mol. The molecule has 1 aromatic rings. The molecule has 0 unspecified atom stereocenters. The van der Waals surface area contributed by atoms with Crippen LogP contribution in [0.3, 0.4) is 0 Å². The zero-order chi connectivity index (χ0) is 10.9. The van der Waals surface area contributed by atoms with E-state index in [1.807, 2.05) is 30.3 Å². The van der Waals surface area contributed by atoms with Crippen LogP contribution < -0.4 is 0 Å². The van der Waals surface area contributed by atoms with E-state index >= 15 is 0 Å². The topological polar surface area (TPSA) is 18.5 Å². The standard InChI is InChI=1S/C13H20O2/c1-3-10-14-13(15-11-4-2)12-8-6-5-7-9-12/h5-9,13H,3-4,10-11H2,1-2H3. The average molecular weight is 208 g/mol. The Hall–Kier alpha value is -0.860. The Labute approximate surface area is 92.2 Å². The van der Waals surface area contributed by atoms with Crippen LogP contribution >= 0.6 is 0 Å². The van der Waals surface area contributed by atoms with E-state index in [9.17, 15) is 0 Å². The number of hydrogen-bond acceptors (Lipinski definition) is 2. The van der Waals surface area contributed by atoms with Gasteiger partial charge in [0.1, 0.15) is 0 Å². The van der Waals surface area contributed by atoms with Crippen LogP contribution in [-0.4, -0.2) is 13.2 Å². The summed E-state index contributed by atoms with van der Waals surface area (Å²) in [5.74, 6) is 0. The van der Waals surface area contributed by atoms with E-state index in [0.29, 0.717) is 0 Å². The maximum atomic E-state index is 5.66. The third-order valence-corrected chi connectivity index (χ3v) is 2.02. The van der Waals surface area contributed by atoms with Crippen molar-refractivity contribution in [2.45, 2.75) is 33.0 Å². The normalized spacial score (nSPS) is 10.9. The fourth-order valence-electron chi connectivity index (χ4n) is 1.30. The van der Waals surface area contributed by atoms with Gasteiger partial charge in [-0.15, -0.1) is 0 Å². The molecule has 0 aliphatic carbocycles. The molecule has 0 bridgehead atoms. The molecular weight excluding hydrogens is 188 g/mol. The van der Waals surface area contributed by atoms with E-state index < -0.39 is 0 Å². The minimum atomic E-state index is -0.203. The summed E-state index contributed by atoms with van der Waals surface area (Å²) in [6, 6.07) is 10.1. The van der Waals surface area contributed by atoms with Gasteiger partial charge in [0.2, 0.25) is 0 Å². The van der Waals surface area contributed by atoms with Gasteiger partial charge in [-0.1, -0.05) is 44.2 Å². The maximum Gasteiger partial charge on any atom is 0.183 e. The van der Waals surface area contributed by atoms with E-state index in [-0.39, 0.29) is 6.29 Å². The van der Waals surface area contributed by atoms with Gasteiger partial charge in [-0.25, -0.2) is 0 Å². The number of hydrogen-bond donors (Lipinski definition) is 0. The number of rotatable bonds is 7. The van der Waals surface area contributed by atoms with Gasteiger partial charge in [0.15, 0.2) is 6.29 Å². The van der Waals surface area contributed by atoms with Crippen LogP contribution in [-0.2, 0) is 9.47 Å². The van der Waals surface area contributed by atoms with Crippen LogP contribution in [0.5, 0.6) is 0 Å². The van der Waals surface area contributed by atoms with Crippen molar-refractivity contribution in [3.63, 3.8) is 0 Å². The van der Waals surface area contributed by atoms with Gasteiger partial charge >= 0.3 is 0 Å². The lowest BCUT2D eigenvalue weighted by atomic mass is 10.2. The molecule has 0 N–H and O–H groups in total. The molecule has 0 radical (unpaired) electrons. The smallest absolute Gasteiger partial charge is 0.183 e. The average Bonchev–Trinajstić information content (AvgIpc) is 2.30. The van der Waals surface area contributed by atoms with Crippen LogP contribution in [0.2, 0.25) is 0 Å². The zero-order valence-corrected chi connectivity index (χ0v) is 9.61. The van der Waals surface area contributed by atoms with Gasteiger partial charge in [-0.05, 0) is 12.8 Å². The summed E-state index contributed by atoms with van der Waals surface area (Å²) in [6.07, 6.45) is 1.82. The molecule has 0 heterocycles. The van der Waals surface area contributed by atoms with Gasteiger partial charge < -0.3 is 9.47 Å². The first kappa shape index (κ1) is 12.2. The Kier molecular flexibility index (Phi) is 6.05. The fourth-order valence-corrected chi connectivity index (χ4v) is 1.30. The van der Waals surface area contributed by atoms with Crippen LogP contribution in [0.1, 0.15) is 38.5 Å². The molecule has 0 aliphatic rings. The molecule has 2 nitrogen and oxygen atoms in total. The fraction of sp³-hybridized carbons (Fsp3) is 0.538. The van der Waals surface area contributed by atoms with Crippen molar-refractivity contribution < 1.29 is 9.47 Å². The van der Waals surface area contributed by atoms with Gasteiger partial charge in [-0.2, -0.15) is 0 Å². The molecule has 0 amide bonds. The second-order valence-corrected chi connectivity index (χ2v) is 3.48. The molecule has 84 valence electrons. The van der Waals surface area contributed by atoms with Crippen molar-refractivity contribution in [1.29, 1.82) is 0 Å². The quantitative estimate of drug-likeness (QED) is 0.638. The summed E-state index contributed by atoms with van der Waals surface area (Å²) in [4.78, 5) is 0. The Morgan fingerprint density at radius 1 is 0.933 bits per heavy atom. The van der Waals surface area contributed by atoms with E-state index in [0.717, 1.165) is 31.6 Å². The van der Waals surface area contributed by atoms with Crippen molar-refractivity contribution in [1.82, 2.24) is 0 Å². The molecule has 0 spiro atoms. The SMILES string of the molecule is CCCOC(OCCC)c1ccccc1. The van der Waals surface area contributed by atoms with Crippen LogP contribution in [0.4, 0.5) is 0 Å². The Balaban J connectivity index is 2.55. The van der Waals surface area contributed by atoms with E-state index in [1.54, 1.807) is 0 Å². The molecule has 1 aromatic carbocycles. The molecule has 0 aromatic heterocycles. The molecule has 0 atom stereocenters. The Morgan fingerprint density at radius 2 is 1.47 bits per heavy atom. The first-order chi connectivity index (χ1) is 7.38. The molecule has 15 heavy (non-hydrogen) atoms. The summed E-state index contributed by atoms with van der Waals surface area (Å²) in [5.41, 5.74) is 1.10. The number of ether oxygens (including phenoxy) is 2. The molecule has 2 heteroatoms. The minimum Gasteiger partial charge on any atom is -0.348 e. The van der Waals surface area contributed by atoms with Crippen molar-refractivity contribution in [3.8, 4) is 0 Å². The van der Waals surface area contributed by atoms with E-state index in [2.05, 4.69) is 13.8 Å². The predicted molar refractivity (Wildman–Crippen MR) is 61.7 cm³/mol. The van der Waals surface area contributed by atoms with E-state index in [4.69, 9.17) is 9.47 Å². The zero-order valence-electron chi connectivity index (χ0n) is 9.61. The summed E-state index contributed by atoms with van der Waals surface area (Å²) >= 11 is 0. The molecule has 0 saturated heterocycles. The Bertz CT molecular complexity index is 238. The summed E-state index contributed by atoms with van der Waals surface area (Å²) in [5, 5.41) is 0. The molecule has 1 rings (SSSR count). The molecule has 0 aliphatic heterocycles. The molecule has 0 fully saturated rings. The third-order valence-electron chi connectivity index (χ3n) is 2.02. The highest BCUT2D eigenvalue weighted by atomic mass is 16.7. The van der Waals surface area contributed by atoms with Gasteiger partial charge in [0.05, 0.1) is 0 Å². The minimum absolute atomic E-state index is 0.203. The van der Waals surface area contributed by atoms with Crippen molar-refractivity contribution >= 4 is 0 Å². The highest BCUT2D eigenvalue weighted by molar-refractivity contribution is 5.15. The van der Waals surface area contributed by atoms with E-state index in [1.165, 1.54) is 0 Å². The van der Waals surface area contributed by atoms with Gasteiger partial charge in [-0.3, -0.25) is 0 Å². The first-order valence-electron chi connectivity index (χ1n) is 5.66. The maximum absolute atomic E-state index is 5.66. The van der Waals surface area contributed by atoms with Gasteiger partial charge in [0.25, 0.3) is 0 Å². The number of benzene rings is 1. The largest absolute Gasteiger partial charge is 0.348 e. The second-order valence-electron chi connectivity index (χ2n) is 3.48. The lowest BCUT2D eigenvalue weighted by molar-refractivity contribution is -0.146. The van der Waals surface area contributed by atoms with Crippen LogP contribution in [0.15, 0.2) is 30.3 Å². The summed E-state index contributed by atoms with van der Waals surface area (Å²) in [7, 11) is 0.